The highest BCUT2D eigenvalue weighted by molar-refractivity contribution is 6.39. The summed E-state index contributed by atoms with van der Waals surface area (Å²) in [4.78, 5) is 2.16. The zero-order valence-electron chi connectivity index (χ0n) is 7.67. The van der Waals surface area contributed by atoms with E-state index in [1.54, 1.807) is 0 Å². The van der Waals surface area contributed by atoms with Crippen LogP contribution in [0.2, 0.25) is 10.0 Å². The van der Waals surface area contributed by atoms with Crippen LogP contribution in [0.3, 0.4) is 0 Å². The highest BCUT2D eigenvalue weighted by Gasteiger charge is 2.16. The van der Waals surface area contributed by atoms with E-state index in [2.05, 4.69) is 4.90 Å². The molecule has 14 heavy (non-hydrogen) atoms. The van der Waals surface area contributed by atoms with Gasteiger partial charge in [-0.3, -0.25) is 0 Å². The SMILES string of the molecule is Clc1cccc(Cl)c1N1CCOCC1. The lowest BCUT2D eigenvalue weighted by molar-refractivity contribution is 0.122. The number of nitrogens with zero attached hydrogens (tertiary/aromatic N) is 1. The third-order valence-corrected chi connectivity index (χ3v) is 2.87. The quantitative estimate of drug-likeness (QED) is 0.738. The second kappa shape index (κ2) is 4.39. The van der Waals surface area contributed by atoms with Crippen molar-refractivity contribution < 1.29 is 4.74 Å². The van der Waals surface area contributed by atoms with Gasteiger partial charge in [-0.15, -0.1) is 0 Å². The Morgan fingerprint density at radius 3 is 2.21 bits per heavy atom. The standard InChI is InChI=1S/C10H11Cl2NO/c11-8-2-1-3-9(12)10(8)13-4-6-14-7-5-13/h1-3H,4-7H2. The summed E-state index contributed by atoms with van der Waals surface area (Å²) in [5.74, 6) is 0. The van der Waals surface area contributed by atoms with E-state index < -0.39 is 0 Å². The minimum atomic E-state index is 0.708. The average molecular weight is 232 g/mol. The largest absolute Gasteiger partial charge is 0.378 e. The van der Waals surface area contributed by atoms with Crippen molar-refractivity contribution >= 4 is 28.9 Å². The maximum atomic E-state index is 6.10. The highest BCUT2D eigenvalue weighted by atomic mass is 35.5. The average Bonchev–Trinajstić information content (AvgIpc) is 2.19. The van der Waals surface area contributed by atoms with Gasteiger partial charge in [-0.25, -0.2) is 0 Å². The Kier molecular flexibility index (Phi) is 3.16. The van der Waals surface area contributed by atoms with E-state index in [1.165, 1.54) is 0 Å². The first kappa shape index (κ1) is 10.1. The first-order valence-electron chi connectivity index (χ1n) is 4.56. The molecule has 0 aliphatic carbocycles. The molecule has 0 spiro atoms. The fourth-order valence-corrected chi connectivity index (χ4v) is 2.21. The Labute approximate surface area is 93.4 Å². The van der Waals surface area contributed by atoms with E-state index >= 15 is 0 Å². The van der Waals surface area contributed by atoms with Crippen LogP contribution in [0.5, 0.6) is 0 Å². The topological polar surface area (TPSA) is 12.5 Å². The molecule has 0 aromatic heterocycles. The number of morpholine rings is 1. The molecule has 0 radical (unpaired) electrons. The molecule has 76 valence electrons. The van der Waals surface area contributed by atoms with Crippen LogP contribution in [0, 0.1) is 0 Å². The lowest BCUT2D eigenvalue weighted by atomic mass is 10.2. The Morgan fingerprint density at radius 1 is 1.07 bits per heavy atom. The van der Waals surface area contributed by atoms with Gasteiger partial charge in [0.2, 0.25) is 0 Å². The molecule has 0 unspecified atom stereocenters. The molecule has 0 atom stereocenters. The summed E-state index contributed by atoms with van der Waals surface area (Å²) in [6.45, 7) is 3.18. The highest BCUT2D eigenvalue weighted by Crippen LogP contribution is 2.33. The number of hydrogen-bond acceptors (Lipinski definition) is 2. The van der Waals surface area contributed by atoms with Crippen molar-refractivity contribution in [3.63, 3.8) is 0 Å². The number of ether oxygens (including phenoxy) is 1. The van der Waals surface area contributed by atoms with Gasteiger partial charge in [-0.1, -0.05) is 29.3 Å². The second-order valence-corrected chi connectivity index (χ2v) is 3.98. The van der Waals surface area contributed by atoms with Gasteiger partial charge in [0.25, 0.3) is 0 Å². The smallest absolute Gasteiger partial charge is 0.0746 e. The van der Waals surface area contributed by atoms with Crippen LogP contribution < -0.4 is 4.90 Å². The molecular weight excluding hydrogens is 221 g/mol. The Morgan fingerprint density at radius 2 is 1.64 bits per heavy atom. The Bertz CT molecular complexity index is 304. The van der Waals surface area contributed by atoms with Crippen LogP contribution in [0.1, 0.15) is 0 Å². The van der Waals surface area contributed by atoms with Crippen molar-refractivity contribution in [2.24, 2.45) is 0 Å². The molecule has 4 heteroatoms. The third kappa shape index (κ3) is 1.97. The number of rotatable bonds is 1. The molecule has 2 nitrogen and oxygen atoms in total. The zero-order valence-corrected chi connectivity index (χ0v) is 9.18. The van der Waals surface area contributed by atoms with Gasteiger partial charge in [0.1, 0.15) is 0 Å². The monoisotopic (exact) mass is 231 g/mol. The van der Waals surface area contributed by atoms with Crippen LogP contribution in [0.4, 0.5) is 5.69 Å². The third-order valence-electron chi connectivity index (χ3n) is 2.26. The van der Waals surface area contributed by atoms with Crippen molar-refractivity contribution in [2.75, 3.05) is 31.2 Å². The normalized spacial score (nSPS) is 17.1. The summed E-state index contributed by atoms with van der Waals surface area (Å²) in [6, 6.07) is 5.57. The molecule has 0 saturated carbocycles. The molecular formula is C10H11Cl2NO. The Balaban J connectivity index is 2.29. The van der Waals surface area contributed by atoms with E-state index in [1.807, 2.05) is 18.2 Å². The van der Waals surface area contributed by atoms with Crippen molar-refractivity contribution in [2.45, 2.75) is 0 Å². The predicted octanol–water partition coefficient (Wildman–Crippen LogP) is 2.83. The summed E-state index contributed by atoms with van der Waals surface area (Å²) in [5, 5.41) is 1.42. The summed E-state index contributed by atoms with van der Waals surface area (Å²) in [5.41, 5.74) is 0.930. The molecule has 0 N–H and O–H groups in total. The molecule has 0 amide bonds. The number of anilines is 1. The predicted molar refractivity (Wildman–Crippen MR) is 59.5 cm³/mol. The van der Waals surface area contributed by atoms with Crippen molar-refractivity contribution in [3.8, 4) is 0 Å². The Hall–Kier alpha value is -0.440. The van der Waals surface area contributed by atoms with Crippen molar-refractivity contribution in [1.82, 2.24) is 0 Å². The van der Waals surface area contributed by atoms with Gasteiger partial charge < -0.3 is 9.64 Å². The van der Waals surface area contributed by atoms with Crippen LogP contribution in [0.25, 0.3) is 0 Å². The molecule has 1 aliphatic heterocycles. The van der Waals surface area contributed by atoms with Gasteiger partial charge in [0.05, 0.1) is 28.9 Å². The van der Waals surface area contributed by atoms with Crippen LogP contribution in [-0.2, 0) is 4.74 Å². The van der Waals surface area contributed by atoms with Crippen LogP contribution >= 0.6 is 23.2 Å². The van der Waals surface area contributed by atoms with Gasteiger partial charge in [-0.2, -0.15) is 0 Å². The minimum Gasteiger partial charge on any atom is -0.378 e. The zero-order chi connectivity index (χ0) is 9.97. The molecule has 1 fully saturated rings. The van der Waals surface area contributed by atoms with Gasteiger partial charge in [0, 0.05) is 13.1 Å². The van der Waals surface area contributed by atoms with E-state index in [0.29, 0.717) is 10.0 Å². The van der Waals surface area contributed by atoms with E-state index in [-0.39, 0.29) is 0 Å². The number of para-hydroxylation sites is 1. The number of benzene rings is 1. The van der Waals surface area contributed by atoms with E-state index in [4.69, 9.17) is 27.9 Å². The molecule has 1 heterocycles. The summed E-state index contributed by atoms with van der Waals surface area (Å²) in [6.07, 6.45) is 0. The van der Waals surface area contributed by atoms with Crippen molar-refractivity contribution in [1.29, 1.82) is 0 Å². The lowest BCUT2D eigenvalue weighted by Crippen LogP contribution is -2.36. The summed E-state index contributed by atoms with van der Waals surface area (Å²) in [7, 11) is 0. The summed E-state index contributed by atoms with van der Waals surface area (Å²) >= 11 is 12.2. The van der Waals surface area contributed by atoms with Crippen LogP contribution in [-0.4, -0.2) is 26.3 Å². The number of hydrogen-bond donors (Lipinski definition) is 0. The fourth-order valence-electron chi connectivity index (χ4n) is 1.58. The number of halogens is 2. The molecule has 1 aliphatic rings. The maximum absolute atomic E-state index is 6.10. The second-order valence-electron chi connectivity index (χ2n) is 3.17. The molecule has 2 rings (SSSR count). The fraction of sp³-hybridized carbons (Fsp3) is 0.400. The first-order chi connectivity index (χ1) is 6.79. The van der Waals surface area contributed by atoms with E-state index in [9.17, 15) is 0 Å². The van der Waals surface area contributed by atoms with Gasteiger partial charge in [0.15, 0.2) is 0 Å². The van der Waals surface area contributed by atoms with Gasteiger partial charge in [-0.05, 0) is 12.1 Å². The van der Waals surface area contributed by atoms with Gasteiger partial charge >= 0.3 is 0 Å². The lowest BCUT2D eigenvalue weighted by Gasteiger charge is -2.30. The molecule has 1 aromatic carbocycles. The first-order valence-corrected chi connectivity index (χ1v) is 5.31. The molecule has 0 bridgehead atoms. The van der Waals surface area contributed by atoms with E-state index in [0.717, 1.165) is 32.0 Å². The maximum Gasteiger partial charge on any atom is 0.0746 e. The minimum absolute atomic E-state index is 0.708. The van der Waals surface area contributed by atoms with Crippen LogP contribution in [0.15, 0.2) is 18.2 Å². The van der Waals surface area contributed by atoms with Crippen molar-refractivity contribution in [3.05, 3.63) is 28.2 Å². The molecule has 1 aromatic rings. The summed E-state index contributed by atoms with van der Waals surface area (Å²) < 4.78 is 5.27. The molecule has 1 saturated heterocycles.